The molecule has 0 saturated carbocycles. The average Bonchev–Trinajstić information content (AvgIpc) is 2.59. The molecule has 2 aromatic rings. The smallest absolute Gasteiger partial charge is 0.251 e. The van der Waals surface area contributed by atoms with Crippen LogP contribution in [0.1, 0.15) is 43.6 Å². The zero-order chi connectivity index (χ0) is 19.3. The second-order valence-electron chi connectivity index (χ2n) is 6.78. The van der Waals surface area contributed by atoms with Crippen molar-refractivity contribution in [2.24, 2.45) is 0 Å². The Kier molecular flexibility index (Phi) is 6.56. The van der Waals surface area contributed by atoms with Crippen LogP contribution in [0.2, 0.25) is 0 Å². The van der Waals surface area contributed by atoms with Crippen molar-refractivity contribution in [3.8, 4) is 0 Å². The van der Waals surface area contributed by atoms with Gasteiger partial charge in [0.2, 0.25) is 10.0 Å². The number of benzene rings is 2. The monoisotopic (exact) mass is 374 g/mol. The number of hydrogen-bond acceptors (Lipinski definition) is 3. The van der Waals surface area contributed by atoms with E-state index in [1.165, 1.54) is 16.4 Å². The highest BCUT2D eigenvalue weighted by atomic mass is 32.2. The van der Waals surface area contributed by atoms with Crippen LogP contribution in [0.5, 0.6) is 0 Å². The van der Waals surface area contributed by atoms with Crippen LogP contribution in [-0.2, 0) is 16.6 Å². The van der Waals surface area contributed by atoms with Crippen molar-refractivity contribution in [3.63, 3.8) is 0 Å². The lowest BCUT2D eigenvalue weighted by Crippen LogP contribution is -2.36. The van der Waals surface area contributed by atoms with Gasteiger partial charge < -0.3 is 5.32 Å². The van der Waals surface area contributed by atoms with E-state index in [-0.39, 0.29) is 22.9 Å². The molecule has 0 atom stereocenters. The van der Waals surface area contributed by atoms with Gasteiger partial charge in [0.1, 0.15) is 0 Å². The van der Waals surface area contributed by atoms with Crippen LogP contribution in [-0.4, -0.2) is 30.7 Å². The van der Waals surface area contributed by atoms with Gasteiger partial charge in [0.25, 0.3) is 5.91 Å². The molecular weight excluding hydrogens is 348 g/mol. The molecule has 6 heteroatoms. The second-order valence-corrected chi connectivity index (χ2v) is 8.67. The maximum Gasteiger partial charge on any atom is 0.251 e. The summed E-state index contributed by atoms with van der Waals surface area (Å²) in [7, 11) is -3.66. The van der Waals surface area contributed by atoms with E-state index in [9.17, 15) is 13.2 Å². The number of amides is 1. The minimum atomic E-state index is -3.66. The summed E-state index contributed by atoms with van der Waals surface area (Å²) >= 11 is 0. The first-order chi connectivity index (χ1) is 12.2. The predicted molar refractivity (Wildman–Crippen MR) is 103 cm³/mol. The molecule has 0 heterocycles. The average molecular weight is 375 g/mol. The van der Waals surface area contributed by atoms with E-state index in [0.29, 0.717) is 12.1 Å². The molecule has 2 rings (SSSR count). The van der Waals surface area contributed by atoms with Gasteiger partial charge in [-0.1, -0.05) is 30.3 Å². The Balaban J connectivity index is 2.27. The predicted octanol–water partition coefficient (Wildman–Crippen LogP) is 3.42. The third-order valence-electron chi connectivity index (χ3n) is 3.90. The van der Waals surface area contributed by atoms with Crippen molar-refractivity contribution < 1.29 is 13.2 Å². The number of hydrogen-bond donors (Lipinski definition) is 1. The fourth-order valence-electron chi connectivity index (χ4n) is 2.57. The molecule has 0 aliphatic rings. The van der Waals surface area contributed by atoms with Crippen LogP contribution in [0.25, 0.3) is 0 Å². The molecule has 0 unspecified atom stereocenters. The Labute approximate surface area is 156 Å². The first-order valence-corrected chi connectivity index (χ1v) is 10.1. The summed E-state index contributed by atoms with van der Waals surface area (Å²) in [6.07, 6.45) is 0. The molecule has 0 aliphatic heterocycles. The summed E-state index contributed by atoms with van der Waals surface area (Å²) in [4.78, 5) is 12.2. The van der Waals surface area contributed by atoms with Gasteiger partial charge in [-0.2, -0.15) is 4.31 Å². The van der Waals surface area contributed by atoms with Crippen molar-refractivity contribution in [2.45, 2.75) is 51.2 Å². The van der Waals surface area contributed by atoms with E-state index in [2.05, 4.69) is 5.32 Å². The molecule has 0 aromatic heterocycles. The van der Waals surface area contributed by atoms with Crippen LogP contribution in [0.4, 0.5) is 0 Å². The molecule has 0 aliphatic carbocycles. The quantitative estimate of drug-likeness (QED) is 0.807. The van der Waals surface area contributed by atoms with E-state index in [4.69, 9.17) is 0 Å². The Bertz CT molecular complexity index is 829. The highest BCUT2D eigenvalue weighted by Crippen LogP contribution is 2.21. The third-order valence-corrected chi connectivity index (χ3v) is 5.94. The highest BCUT2D eigenvalue weighted by molar-refractivity contribution is 7.89. The molecule has 0 saturated heterocycles. The molecule has 0 radical (unpaired) electrons. The first-order valence-electron chi connectivity index (χ1n) is 8.68. The molecule has 1 amide bonds. The lowest BCUT2D eigenvalue weighted by Gasteiger charge is -2.26. The van der Waals surface area contributed by atoms with E-state index in [1.54, 1.807) is 12.1 Å². The largest absolute Gasteiger partial charge is 0.350 e. The Morgan fingerprint density at radius 3 is 2.04 bits per heavy atom. The van der Waals surface area contributed by atoms with E-state index >= 15 is 0 Å². The van der Waals surface area contributed by atoms with Gasteiger partial charge in [-0.15, -0.1) is 0 Å². The normalized spacial score (nSPS) is 12.0. The van der Waals surface area contributed by atoms with Gasteiger partial charge in [-0.05, 0) is 57.5 Å². The fourth-order valence-corrected chi connectivity index (χ4v) is 4.19. The zero-order valence-corrected chi connectivity index (χ0v) is 16.5. The summed E-state index contributed by atoms with van der Waals surface area (Å²) < 4.78 is 27.6. The van der Waals surface area contributed by atoms with Gasteiger partial charge in [0, 0.05) is 24.2 Å². The SMILES string of the molecule is CC(C)NC(=O)c1ccc(S(=O)(=O)N(Cc2ccccc2)C(C)C)cc1. The summed E-state index contributed by atoms with van der Waals surface area (Å²) in [6.45, 7) is 7.76. The van der Waals surface area contributed by atoms with E-state index < -0.39 is 10.0 Å². The van der Waals surface area contributed by atoms with Crippen LogP contribution in [0.3, 0.4) is 0 Å². The van der Waals surface area contributed by atoms with Crippen LogP contribution in [0, 0.1) is 0 Å². The number of carbonyl (C=O) groups excluding carboxylic acids is 1. The molecule has 0 fully saturated rings. The number of rotatable bonds is 7. The van der Waals surface area contributed by atoms with Crippen molar-refractivity contribution in [1.82, 2.24) is 9.62 Å². The molecule has 2 aromatic carbocycles. The van der Waals surface area contributed by atoms with Crippen molar-refractivity contribution >= 4 is 15.9 Å². The third kappa shape index (κ3) is 4.93. The number of nitrogens with zero attached hydrogens (tertiary/aromatic N) is 1. The van der Waals surface area contributed by atoms with E-state index in [1.807, 2.05) is 58.0 Å². The molecule has 140 valence electrons. The van der Waals surface area contributed by atoms with Crippen LogP contribution < -0.4 is 5.32 Å². The van der Waals surface area contributed by atoms with Gasteiger partial charge in [-0.3, -0.25) is 4.79 Å². The van der Waals surface area contributed by atoms with Gasteiger partial charge in [0.05, 0.1) is 4.90 Å². The number of sulfonamides is 1. The van der Waals surface area contributed by atoms with Crippen molar-refractivity contribution in [1.29, 1.82) is 0 Å². The van der Waals surface area contributed by atoms with Gasteiger partial charge in [-0.25, -0.2) is 8.42 Å². The second kappa shape index (κ2) is 8.47. The molecule has 26 heavy (non-hydrogen) atoms. The van der Waals surface area contributed by atoms with E-state index in [0.717, 1.165) is 5.56 Å². The lowest BCUT2D eigenvalue weighted by atomic mass is 10.2. The molecule has 5 nitrogen and oxygen atoms in total. The van der Waals surface area contributed by atoms with Gasteiger partial charge >= 0.3 is 0 Å². The standard InChI is InChI=1S/C20H26N2O3S/c1-15(2)21-20(23)18-10-12-19(13-11-18)26(24,25)22(16(3)4)14-17-8-6-5-7-9-17/h5-13,15-16H,14H2,1-4H3,(H,21,23). The van der Waals surface area contributed by atoms with Gasteiger partial charge in [0.15, 0.2) is 0 Å². The Morgan fingerprint density at radius 2 is 1.54 bits per heavy atom. The van der Waals surface area contributed by atoms with Crippen LogP contribution in [0.15, 0.2) is 59.5 Å². The summed E-state index contributed by atoms with van der Waals surface area (Å²) in [5.74, 6) is -0.214. The molecular formula is C20H26N2O3S. The topological polar surface area (TPSA) is 66.5 Å². The van der Waals surface area contributed by atoms with Crippen molar-refractivity contribution in [2.75, 3.05) is 0 Å². The minimum absolute atomic E-state index is 0.0215. The van der Waals surface area contributed by atoms with Crippen LogP contribution >= 0.6 is 0 Å². The first kappa shape index (κ1) is 20.1. The zero-order valence-electron chi connectivity index (χ0n) is 15.6. The molecule has 1 N–H and O–H groups in total. The summed E-state index contributed by atoms with van der Waals surface area (Å²) in [6, 6.07) is 15.4. The summed E-state index contributed by atoms with van der Waals surface area (Å²) in [5, 5.41) is 2.79. The maximum absolute atomic E-state index is 13.1. The molecule has 0 bridgehead atoms. The Hall–Kier alpha value is -2.18. The lowest BCUT2D eigenvalue weighted by molar-refractivity contribution is 0.0943. The minimum Gasteiger partial charge on any atom is -0.350 e. The highest BCUT2D eigenvalue weighted by Gasteiger charge is 2.27. The summed E-state index contributed by atoms with van der Waals surface area (Å²) in [5.41, 5.74) is 1.37. The van der Waals surface area contributed by atoms with Crippen molar-refractivity contribution in [3.05, 3.63) is 65.7 Å². The maximum atomic E-state index is 13.1. The number of nitrogens with one attached hydrogen (secondary N) is 1. The Morgan fingerprint density at radius 1 is 0.962 bits per heavy atom. The molecule has 0 spiro atoms. The number of carbonyl (C=O) groups is 1. The fraction of sp³-hybridized carbons (Fsp3) is 0.350.